The van der Waals surface area contributed by atoms with E-state index in [4.69, 9.17) is 11.8 Å². The molecule has 2 heterocycles. The molecule has 0 fully saturated rings. The number of nitrogens with one attached hydrogen (secondary N) is 1. The average molecular weight is 247 g/mol. The van der Waals surface area contributed by atoms with E-state index in [1.807, 2.05) is 42.5 Å². The Kier molecular flexibility index (Phi) is 2.19. The van der Waals surface area contributed by atoms with Crippen LogP contribution in [0.5, 0.6) is 0 Å². The van der Waals surface area contributed by atoms with E-state index in [0.29, 0.717) is 0 Å². The molecule has 5 heteroatoms. The minimum Gasteiger partial charge on any atom is -0.298 e. The third-order valence-corrected chi connectivity index (χ3v) is 3.01. The summed E-state index contributed by atoms with van der Waals surface area (Å²) in [5.74, 6) is 0.726. The number of aromatic nitrogens is 3. The standard InChI is InChI=1S/C12H11ClN4/c1-7-5-8(2)17-11-6-9(16-13)3-4-10(11)15-12(17)14-7/h3-6,16H,1-2H3. The first-order valence-corrected chi connectivity index (χ1v) is 5.70. The van der Waals surface area contributed by atoms with Gasteiger partial charge in [0.15, 0.2) is 0 Å². The predicted molar refractivity (Wildman–Crippen MR) is 69.4 cm³/mol. The molecule has 0 bridgehead atoms. The topological polar surface area (TPSA) is 42.2 Å². The minimum absolute atomic E-state index is 0.726. The molecule has 17 heavy (non-hydrogen) atoms. The molecule has 0 unspecified atom stereocenters. The van der Waals surface area contributed by atoms with Crippen molar-refractivity contribution in [2.45, 2.75) is 13.8 Å². The van der Waals surface area contributed by atoms with Crippen molar-refractivity contribution in [2.24, 2.45) is 0 Å². The second kappa shape index (κ2) is 3.60. The smallest absolute Gasteiger partial charge is 0.235 e. The third kappa shape index (κ3) is 1.52. The van der Waals surface area contributed by atoms with Crippen molar-refractivity contribution in [1.82, 2.24) is 14.4 Å². The van der Waals surface area contributed by atoms with Crippen LogP contribution in [0.2, 0.25) is 0 Å². The molecule has 1 aromatic carbocycles. The highest BCUT2D eigenvalue weighted by atomic mass is 35.5. The van der Waals surface area contributed by atoms with Crippen LogP contribution in [0.1, 0.15) is 11.4 Å². The molecule has 0 radical (unpaired) electrons. The van der Waals surface area contributed by atoms with Gasteiger partial charge in [0.05, 0.1) is 16.7 Å². The summed E-state index contributed by atoms with van der Waals surface area (Å²) in [5, 5.41) is 0. The molecule has 0 aliphatic rings. The lowest BCUT2D eigenvalue weighted by Crippen LogP contribution is -1.95. The van der Waals surface area contributed by atoms with Gasteiger partial charge in [0.25, 0.3) is 0 Å². The molecule has 0 amide bonds. The van der Waals surface area contributed by atoms with Crippen LogP contribution in [-0.4, -0.2) is 14.4 Å². The molecular formula is C12H11ClN4. The first-order chi connectivity index (χ1) is 8.19. The Labute approximate surface area is 103 Å². The summed E-state index contributed by atoms with van der Waals surface area (Å²) in [6.07, 6.45) is 0. The van der Waals surface area contributed by atoms with Crippen molar-refractivity contribution in [3.05, 3.63) is 35.7 Å². The Bertz CT molecular complexity index is 717. The van der Waals surface area contributed by atoms with Gasteiger partial charge in [0.1, 0.15) is 0 Å². The van der Waals surface area contributed by atoms with Gasteiger partial charge in [-0.2, -0.15) is 0 Å². The Morgan fingerprint density at radius 1 is 1.18 bits per heavy atom. The highest BCUT2D eigenvalue weighted by molar-refractivity contribution is 6.24. The Balaban J connectivity index is 2.48. The third-order valence-electron chi connectivity index (χ3n) is 2.79. The second-order valence-corrected chi connectivity index (χ2v) is 4.27. The number of benzene rings is 1. The van der Waals surface area contributed by atoms with Gasteiger partial charge in [0, 0.05) is 23.2 Å². The number of fused-ring (bicyclic) bond motifs is 3. The van der Waals surface area contributed by atoms with Gasteiger partial charge < -0.3 is 0 Å². The number of nitrogens with zero attached hydrogens (tertiary/aromatic N) is 3. The largest absolute Gasteiger partial charge is 0.298 e. The van der Waals surface area contributed by atoms with Crippen molar-refractivity contribution in [3.63, 3.8) is 0 Å². The van der Waals surface area contributed by atoms with Crippen molar-refractivity contribution in [1.29, 1.82) is 0 Å². The summed E-state index contributed by atoms with van der Waals surface area (Å²) in [4.78, 5) is 11.5. The van der Waals surface area contributed by atoms with Crippen molar-refractivity contribution in [3.8, 4) is 0 Å². The van der Waals surface area contributed by atoms with Gasteiger partial charge in [-0.1, -0.05) is 0 Å². The first kappa shape index (κ1) is 10.4. The molecule has 0 aliphatic carbocycles. The van der Waals surface area contributed by atoms with Crippen LogP contribution in [0.4, 0.5) is 5.69 Å². The summed E-state index contributed by atoms with van der Waals surface area (Å²) in [5.41, 5.74) is 4.86. The molecule has 0 atom stereocenters. The van der Waals surface area contributed by atoms with E-state index in [1.165, 1.54) is 0 Å². The van der Waals surface area contributed by atoms with E-state index in [9.17, 15) is 0 Å². The predicted octanol–water partition coefficient (Wildman–Crippen LogP) is 3.07. The highest BCUT2D eigenvalue weighted by Crippen LogP contribution is 2.22. The number of anilines is 1. The zero-order chi connectivity index (χ0) is 12.0. The molecule has 3 aromatic rings. The zero-order valence-corrected chi connectivity index (χ0v) is 10.3. The van der Waals surface area contributed by atoms with Gasteiger partial charge in [-0.3, -0.25) is 9.24 Å². The normalized spacial score (nSPS) is 11.2. The summed E-state index contributed by atoms with van der Waals surface area (Å²) in [6.45, 7) is 4.02. The number of imidazole rings is 1. The molecule has 0 aliphatic heterocycles. The second-order valence-electron chi connectivity index (χ2n) is 4.08. The fourth-order valence-corrected chi connectivity index (χ4v) is 2.22. The van der Waals surface area contributed by atoms with Crippen LogP contribution in [0, 0.1) is 13.8 Å². The Hall–Kier alpha value is -1.81. The maximum Gasteiger partial charge on any atom is 0.235 e. The lowest BCUT2D eigenvalue weighted by atomic mass is 10.3. The Morgan fingerprint density at radius 3 is 2.76 bits per heavy atom. The van der Waals surface area contributed by atoms with E-state index in [-0.39, 0.29) is 0 Å². The molecule has 3 rings (SSSR count). The maximum absolute atomic E-state index is 5.62. The van der Waals surface area contributed by atoms with Crippen LogP contribution >= 0.6 is 11.8 Å². The fraction of sp³-hybridized carbons (Fsp3) is 0.167. The van der Waals surface area contributed by atoms with Crippen LogP contribution in [-0.2, 0) is 0 Å². The van der Waals surface area contributed by atoms with E-state index < -0.39 is 0 Å². The number of hydrogen-bond donors (Lipinski definition) is 1. The summed E-state index contributed by atoms with van der Waals surface area (Å²) < 4.78 is 2.03. The molecule has 0 saturated heterocycles. The quantitative estimate of drug-likeness (QED) is 0.671. The molecule has 1 N–H and O–H groups in total. The minimum atomic E-state index is 0.726. The number of rotatable bonds is 1. The molecule has 86 valence electrons. The van der Waals surface area contributed by atoms with Crippen LogP contribution in [0.25, 0.3) is 16.8 Å². The SMILES string of the molecule is Cc1cc(C)n2c(n1)nc1ccc(NCl)cc12. The summed E-state index contributed by atoms with van der Waals surface area (Å²) in [7, 11) is 0. The molecule has 0 spiro atoms. The summed E-state index contributed by atoms with van der Waals surface area (Å²) in [6, 6.07) is 7.83. The van der Waals surface area contributed by atoms with Gasteiger partial charge in [-0.25, -0.2) is 9.97 Å². The maximum atomic E-state index is 5.62. The average Bonchev–Trinajstić information content (AvgIpc) is 2.65. The first-order valence-electron chi connectivity index (χ1n) is 5.32. The van der Waals surface area contributed by atoms with Crippen molar-refractivity contribution >= 4 is 34.3 Å². The van der Waals surface area contributed by atoms with Crippen molar-refractivity contribution in [2.75, 3.05) is 4.84 Å². The van der Waals surface area contributed by atoms with E-state index in [1.54, 1.807) is 0 Å². The molecule has 2 aromatic heterocycles. The monoisotopic (exact) mass is 246 g/mol. The molecular weight excluding hydrogens is 236 g/mol. The fourth-order valence-electron chi connectivity index (χ4n) is 2.10. The van der Waals surface area contributed by atoms with Gasteiger partial charge in [0.2, 0.25) is 5.78 Å². The number of hydrogen-bond acceptors (Lipinski definition) is 3. The number of aryl methyl sites for hydroxylation is 2. The van der Waals surface area contributed by atoms with Gasteiger partial charge >= 0.3 is 0 Å². The van der Waals surface area contributed by atoms with Crippen LogP contribution in [0.3, 0.4) is 0 Å². The summed E-state index contributed by atoms with van der Waals surface area (Å²) >= 11 is 5.62. The lowest BCUT2D eigenvalue weighted by molar-refractivity contribution is 1.03. The van der Waals surface area contributed by atoms with Gasteiger partial charge in [-0.15, -0.1) is 0 Å². The zero-order valence-electron chi connectivity index (χ0n) is 9.53. The van der Waals surface area contributed by atoms with E-state index >= 15 is 0 Å². The van der Waals surface area contributed by atoms with E-state index in [2.05, 4.69) is 14.8 Å². The highest BCUT2D eigenvalue weighted by Gasteiger charge is 2.08. The Morgan fingerprint density at radius 2 is 2.00 bits per heavy atom. The number of halogens is 1. The van der Waals surface area contributed by atoms with Crippen LogP contribution < -0.4 is 4.84 Å². The van der Waals surface area contributed by atoms with E-state index in [0.717, 1.165) is 33.9 Å². The lowest BCUT2D eigenvalue weighted by Gasteiger charge is -2.02. The van der Waals surface area contributed by atoms with Crippen molar-refractivity contribution < 1.29 is 0 Å². The molecule has 0 saturated carbocycles. The van der Waals surface area contributed by atoms with Gasteiger partial charge in [-0.05, 0) is 38.1 Å². The molecule has 4 nitrogen and oxygen atoms in total. The van der Waals surface area contributed by atoms with Crippen LogP contribution in [0.15, 0.2) is 24.3 Å².